The number of hydrogen-bond acceptors (Lipinski definition) is 7. The van der Waals surface area contributed by atoms with E-state index < -0.39 is 15.0 Å². The molecule has 2 unspecified atom stereocenters. The largest absolute Gasteiger partial charge is 0.691 e. The Balaban J connectivity index is 4.20. The van der Waals surface area contributed by atoms with Crippen LogP contribution in [0.3, 0.4) is 0 Å². The molecule has 0 saturated heterocycles. The molecular formula is C6H9O7P2-. The van der Waals surface area contributed by atoms with Crippen molar-refractivity contribution in [1.29, 1.82) is 0 Å². The molecule has 0 heterocycles. The lowest BCUT2D eigenvalue weighted by molar-refractivity contribution is -0.780. The molecule has 0 radical (unpaired) electrons. The normalized spacial score (nSPS) is 15.5. The van der Waals surface area contributed by atoms with Gasteiger partial charge in [-0.3, -0.25) is 9.56 Å². The van der Waals surface area contributed by atoms with Gasteiger partial charge in [0, 0.05) is 0 Å². The average Bonchev–Trinajstić information content (AvgIpc) is 2.17. The van der Waals surface area contributed by atoms with Crippen LogP contribution in [-0.2, 0) is 23.4 Å². The Morgan fingerprint density at radius 3 is 2.60 bits per heavy atom. The zero-order valence-electron chi connectivity index (χ0n) is 7.66. The quantitative estimate of drug-likeness (QED) is 0.270. The minimum absolute atomic E-state index is 0.207. The lowest BCUT2D eigenvalue weighted by atomic mass is 10.2. The summed E-state index contributed by atoms with van der Waals surface area (Å²) in [5.74, 6) is 0. The first kappa shape index (κ1) is 14.6. The SMILES string of the molecule is C=CC(=C)CCOP(=O)(OO[O-])[P+](=O)[O-]. The fourth-order valence-corrected chi connectivity index (χ4v) is 1.89. The van der Waals surface area contributed by atoms with Crippen molar-refractivity contribution < 1.29 is 33.5 Å². The van der Waals surface area contributed by atoms with E-state index in [0.717, 1.165) is 0 Å². The molecule has 0 spiro atoms. The molecule has 15 heavy (non-hydrogen) atoms. The molecule has 0 bridgehead atoms. The van der Waals surface area contributed by atoms with Gasteiger partial charge in [0.25, 0.3) is 0 Å². The number of rotatable bonds is 8. The minimum atomic E-state index is -4.51. The molecule has 0 aliphatic carbocycles. The summed E-state index contributed by atoms with van der Waals surface area (Å²) in [6.07, 6.45) is 1.63. The fourth-order valence-electron chi connectivity index (χ4n) is 0.528. The van der Waals surface area contributed by atoms with E-state index in [0.29, 0.717) is 5.57 Å². The molecule has 0 aromatic rings. The summed E-state index contributed by atoms with van der Waals surface area (Å²) in [5, 5.41) is 12.3. The van der Waals surface area contributed by atoms with Crippen LogP contribution in [-0.4, -0.2) is 6.61 Å². The van der Waals surface area contributed by atoms with E-state index in [1.807, 2.05) is 0 Å². The van der Waals surface area contributed by atoms with Crippen LogP contribution in [0, 0.1) is 0 Å². The molecule has 7 nitrogen and oxygen atoms in total. The number of allylic oxidation sites excluding steroid dienone is 1. The maximum atomic E-state index is 11.2. The second-order valence-corrected chi connectivity index (χ2v) is 6.56. The molecule has 2 atom stereocenters. The molecule has 86 valence electrons. The molecule has 0 amide bonds. The lowest BCUT2D eigenvalue weighted by Gasteiger charge is -2.10. The van der Waals surface area contributed by atoms with E-state index in [9.17, 15) is 19.3 Å². The molecule has 0 aromatic carbocycles. The van der Waals surface area contributed by atoms with Crippen LogP contribution in [0.2, 0.25) is 0 Å². The third-order valence-electron chi connectivity index (χ3n) is 1.29. The summed E-state index contributed by atoms with van der Waals surface area (Å²) < 4.78 is 29.5. The Morgan fingerprint density at radius 1 is 1.60 bits per heavy atom. The van der Waals surface area contributed by atoms with Gasteiger partial charge in [0.2, 0.25) is 0 Å². The molecular weight excluding hydrogens is 246 g/mol. The predicted octanol–water partition coefficient (Wildman–Crippen LogP) is 0.570. The zero-order chi connectivity index (χ0) is 11.9. The number of hydrogen-bond donors (Lipinski definition) is 0. The highest BCUT2D eigenvalue weighted by atomic mass is 32.1. The van der Waals surface area contributed by atoms with Gasteiger partial charge < -0.3 is 10.2 Å². The average molecular weight is 255 g/mol. The van der Waals surface area contributed by atoms with Gasteiger partial charge in [0.1, 0.15) is 0 Å². The van der Waals surface area contributed by atoms with Gasteiger partial charge in [-0.1, -0.05) is 29.4 Å². The highest BCUT2D eigenvalue weighted by molar-refractivity contribution is 8.20. The van der Waals surface area contributed by atoms with E-state index in [-0.39, 0.29) is 13.0 Å². The third kappa shape index (κ3) is 5.30. The maximum absolute atomic E-state index is 11.2. The summed E-state index contributed by atoms with van der Waals surface area (Å²) in [4.78, 5) is 10.4. The molecule has 0 aliphatic rings. The van der Waals surface area contributed by atoms with E-state index in [1.54, 1.807) is 0 Å². The summed E-state index contributed by atoms with van der Waals surface area (Å²) in [6, 6.07) is 0. The van der Waals surface area contributed by atoms with Crippen LogP contribution in [0.5, 0.6) is 0 Å². The van der Waals surface area contributed by atoms with E-state index in [1.165, 1.54) is 6.08 Å². The van der Waals surface area contributed by atoms with Gasteiger partial charge in [-0.25, -0.2) is 4.57 Å². The zero-order valence-corrected chi connectivity index (χ0v) is 9.45. The molecule has 0 aromatic heterocycles. The fraction of sp³-hybridized carbons (Fsp3) is 0.333. The standard InChI is InChI=1S/C6H10O7P2/c1-3-6(2)4-5-11-15(10,13-12-7)14(8)9/h3,7H,1-2,4-5H2/p-1. The second kappa shape index (κ2) is 6.98. The van der Waals surface area contributed by atoms with Gasteiger partial charge >= 0.3 is 15.0 Å². The molecule has 9 heteroatoms. The van der Waals surface area contributed by atoms with Crippen LogP contribution in [0.4, 0.5) is 0 Å². The van der Waals surface area contributed by atoms with Gasteiger partial charge in [0.15, 0.2) is 0 Å². The smallest absolute Gasteiger partial charge is 0.593 e. The topological polar surface area (TPSA) is 108 Å². The third-order valence-corrected chi connectivity index (χ3v) is 4.20. The first-order valence-corrected chi connectivity index (χ1v) is 7.06. The van der Waals surface area contributed by atoms with Crippen molar-refractivity contribution in [3.8, 4) is 0 Å². The molecule has 0 rings (SSSR count). The Morgan fingerprint density at radius 2 is 2.20 bits per heavy atom. The predicted molar refractivity (Wildman–Crippen MR) is 47.3 cm³/mol. The van der Waals surface area contributed by atoms with Crippen LogP contribution >= 0.6 is 15.0 Å². The highest BCUT2D eigenvalue weighted by Gasteiger charge is 2.42. The first-order chi connectivity index (χ1) is 6.96. The molecule has 0 aliphatic heterocycles. The van der Waals surface area contributed by atoms with Crippen molar-refractivity contribution in [2.45, 2.75) is 6.42 Å². The van der Waals surface area contributed by atoms with Crippen LogP contribution in [0.1, 0.15) is 6.42 Å². The lowest BCUT2D eigenvalue weighted by Crippen LogP contribution is -2.07. The van der Waals surface area contributed by atoms with Crippen LogP contribution < -0.4 is 10.2 Å². The summed E-state index contributed by atoms with van der Waals surface area (Å²) in [6.45, 7) is 6.67. The van der Waals surface area contributed by atoms with Crippen molar-refractivity contribution in [3.05, 3.63) is 24.8 Å². The summed E-state index contributed by atoms with van der Waals surface area (Å²) in [7, 11) is -8.07. The van der Waals surface area contributed by atoms with Gasteiger partial charge in [0.05, 0.1) is 6.61 Å². The van der Waals surface area contributed by atoms with E-state index in [2.05, 4.69) is 27.4 Å². The van der Waals surface area contributed by atoms with Crippen molar-refractivity contribution >= 4 is 15.0 Å². The van der Waals surface area contributed by atoms with Crippen molar-refractivity contribution in [3.63, 3.8) is 0 Å². The van der Waals surface area contributed by atoms with Gasteiger partial charge in [-0.15, -0.1) is 4.67 Å². The molecule has 0 N–H and O–H groups in total. The highest BCUT2D eigenvalue weighted by Crippen LogP contribution is 2.65. The Hall–Kier alpha value is -0.390. The van der Waals surface area contributed by atoms with E-state index in [4.69, 9.17) is 0 Å². The second-order valence-electron chi connectivity index (χ2n) is 2.29. The van der Waals surface area contributed by atoms with Crippen LogP contribution in [0.25, 0.3) is 0 Å². The Bertz CT molecular complexity index is 300. The monoisotopic (exact) mass is 255 g/mol. The Kier molecular flexibility index (Phi) is 6.80. The summed E-state index contributed by atoms with van der Waals surface area (Å²) >= 11 is 0. The van der Waals surface area contributed by atoms with Gasteiger partial charge in [-0.05, 0) is 6.42 Å². The first-order valence-electron chi connectivity index (χ1n) is 3.64. The molecule has 0 fully saturated rings. The van der Waals surface area contributed by atoms with Crippen molar-refractivity contribution in [1.82, 2.24) is 0 Å². The maximum Gasteiger partial charge on any atom is 0.593 e. The van der Waals surface area contributed by atoms with Crippen LogP contribution in [0.15, 0.2) is 24.8 Å². The Labute approximate surface area is 87.1 Å². The van der Waals surface area contributed by atoms with Crippen molar-refractivity contribution in [2.24, 2.45) is 0 Å². The van der Waals surface area contributed by atoms with Crippen molar-refractivity contribution in [2.75, 3.05) is 6.61 Å². The van der Waals surface area contributed by atoms with E-state index >= 15 is 0 Å². The summed E-state index contributed by atoms with van der Waals surface area (Å²) in [5.41, 5.74) is 0.561. The molecule has 0 saturated carbocycles. The minimum Gasteiger partial charge on any atom is -0.691 e. The van der Waals surface area contributed by atoms with Gasteiger partial charge in [-0.2, -0.15) is 0 Å².